The van der Waals surface area contributed by atoms with Gasteiger partial charge in [-0.3, -0.25) is 9.59 Å². The van der Waals surface area contributed by atoms with E-state index in [-0.39, 0.29) is 17.7 Å². The predicted octanol–water partition coefficient (Wildman–Crippen LogP) is 4.86. The number of amides is 2. The van der Waals surface area contributed by atoms with Gasteiger partial charge in [0.25, 0.3) is 0 Å². The molecule has 0 heterocycles. The smallest absolute Gasteiger partial charge is 0.231 e. The zero-order valence-corrected chi connectivity index (χ0v) is 16.5. The molecule has 3 aromatic carbocycles. The van der Waals surface area contributed by atoms with Crippen molar-refractivity contribution in [3.8, 4) is 5.75 Å². The van der Waals surface area contributed by atoms with Crippen molar-refractivity contribution in [2.24, 2.45) is 0 Å². The van der Waals surface area contributed by atoms with Crippen LogP contribution in [-0.2, 0) is 9.59 Å². The van der Waals surface area contributed by atoms with Crippen LogP contribution in [-0.4, -0.2) is 18.9 Å². The molecule has 0 fully saturated rings. The van der Waals surface area contributed by atoms with E-state index >= 15 is 0 Å². The summed E-state index contributed by atoms with van der Waals surface area (Å²) in [5, 5.41) is 7.88. The summed E-state index contributed by atoms with van der Waals surface area (Å²) in [6.07, 6.45) is 0. The number of ether oxygens (including phenoxy) is 1. The number of carbonyl (C=O) groups excluding carboxylic acids is 2. The molecule has 1 atom stereocenters. The first kappa shape index (κ1) is 19.4. The number of hydrogen-bond donors (Lipinski definition) is 2. The number of fused-ring (bicyclic) bond motifs is 1. The van der Waals surface area contributed by atoms with Gasteiger partial charge in [0.05, 0.1) is 13.0 Å². The van der Waals surface area contributed by atoms with Gasteiger partial charge in [-0.05, 0) is 60.0 Å². The average Bonchev–Trinajstić information content (AvgIpc) is 2.69. The number of carbonyl (C=O) groups is 2. The second kappa shape index (κ2) is 8.13. The zero-order chi connectivity index (χ0) is 20.3. The lowest BCUT2D eigenvalue weighted by molar-refractivity contribution is -0.117. The lowest BCUT2D eigenvalue weighted by atomic mass is 9.96. The molecule has 28 heavy (non-hydrogen) atoms. The largest absolute Gasteiger partial charge is 0.497 e. The standard InChI is InChI=1S/C23H24N2O3/c1-14(17-8-9-19-13-20(28-4)11-10-18(19)12-17)23(27)25-22-7-5-6-21(15(22)2)24-16(3)26/h5-14H,1-4H3,(H,24,26)(H,25,27)/t14-/m0/s1. The minimum absolute atomic E-state index is 0.101. The fourth-order valence-electron chi connectivity index (χ4n) is 3.13. The Kier molecular flexibility index (Phi) is 5.64. The van der Waals surface area contributed by atoms with Gasteiger partial charge in [0.1, 0.15) is 5.75 Å². The Hall–Kier alpha value is -3.34. The molecule has 0 aromatic heterocycles. The highest BCUT2D eigenvalue weighted by molar-refractivity contribution is 5.98. The topological polar surface area (TPSA) is 67.4 Å². The van der Waals surface area contributed by atoms with E-state index < -0.39 is 0 Å². The third-order valence-electron chi connectivity index (χ3n) is 4.87. The first-order valence-corrected chi connectivity index (χ1v) is 9.15. The molecule has 3 aromatic rings. The van der Waals surface area contributed by atoms with Gasteiger partial charge in [-0.1, -0.05) is 30.3 Å². The Morgan fingerprint density at radius 1 is 0.929 bits per heavy atom. The molecular weight excluding hydrogens is 352 g/mol. The number of hydrogen-bond acceptors (Lipinski definition) is 3. The van der Waals surface area contributed by atoms with Gasteiger partial charge < -0.3 is 15.4 Å². The molecule has 5 nitrogen and oxygen atoms in total. The number of anilines is 2. The maximum atomic E-state index is 12.8. The van der Waals surface area contributed by atoms with Gasteiger partial charge >= 0.3 is 0 Å². The van der Waals surface area contributed by atoms with E-state index in [9.17, 15) is 9.59 Å². The van der Waals surface area contributed by atoms with E-state index in [1.165, 1.54) is 6.92 Å². The van der Waals surface area contributed by atoms with Gasteiger partial charge in [-0.2, -0.15) is 0 Å². The van der Waals surface area contributed by atoms with Crippen LogP contribution in [0.4, 0.5) is 11.4 Å². The van der Waals surface area contributed by atoms with Crippen LogP contribution in [0.2, 0.25) is 0 Å². The lowest BCUT2D eigenvalue weighted by Gasteiger charge is -2.16. The monoisotopic (exact) mass is 376 g/mol. The summed E-state index contributed by atoms with van der Waals surface area (Å²) in [5.41, 5.74) is 3.14. The highest BCUT2D eigenvalue weighted by Crippen LogP contribution is 2.28. The van der Waals surface area contributed by atoms with Crippen LogP contribution in [0, 0.1) is 6.92 Å². The zero-order valence-electron chi connectivity index (χ0n) is 16.5. The highest BCUT2D eigenvalue weighted by Gasteiger charge is 2.17. The Morgan fingerprint density at radius 3 is 2.25 bits per heavy atom. The van der Waals surface area contributed by atoms with Crippen LogP contribution in [0.15, 0.2) is 54.6 Å². The van der Waals surface area contributed by atoms with E-state index in [1.54, 1.807) is 7.11 Å². The maximum absolute atomic E-state index is 12.8. The van der Waals surface area contributed by atoms with Crippen LogP contribution in [0.3, 0.4) is 0 Å². The normalized spacial score (nSPS) is 11.7. The summed E-state index contributed by atoms with van der Waals surface area (Å²) >= 11 is 0. The van der Waals surface area contributed by atoms with E-state index in [2.05, 4.69) is 10.6 Å². The number of rotatable bonds is 5. The molecule has 0 spiro atoms. The summed E-state index contributed by atoms with van der Waals surface area (Å²) in [7, 11) is 1.64. The van der Waals surface area contributed by atoms with Crippen molar-refractivity contribution in [2.45, 2.75) is 26.7 Å². The van der Waals surface area contributed by atoms with Crippen molar-refractivity contribution in [1.82, 2.24) is 0 Å². The van der Waals surface area contributed by atoms with E-state index in [0.29, 0.717) is 11.4 Å². The van der Waals surface area contributed by atoms with Gasteiger partial charge in [0.15, 0.2) is 0 Å². The first-order chi connectivity index (χ1) is 13.4. The number of benzene rings is 3. The molecule has 144 valence electrons. The Labute approximate surface area is 164 Å². The predicted molar refractivity (Wildman–Crippen MR) is 113 cm³/mol. The van der Waals surface area contributed by atoms with E-state index in [4.69, 9.17) is 4.74 Å². The minimum atomic E-state index is -0.324. The van der Waals surface area contributed by atoms with Gasteiger partial charge in [-0.25, -0.2) is 0 Å². The van der Waals surface area contributed by atoms with Crippen LogP contribution in [0.1, 0.15) is 30.9 Å². The molecule has 0 unspecified atom stereocenters. The minimum Gasteiger partial charge on any atom is -0.497 e. The van der Waals surface area contributed by atoms with Crippen LogP contribution in [0.5, 0.6) is 5.75 Å². The third kappa shape index (κ3) is 4.14. The second-order valence-electron chi connectivity index (χ2n) is 6.84. The average molecular weight is 376 g/mol. The van der Waals surface area contributed by atoms with Crippen LogP contribution >= 0.6 is 0 Å². The van der Waals surface area contributed by atoms with Crippen molar-refractivity contribution in [3.05, 3.63) is 65.7 Å². The Balaban J connectivity index is 1.81. The summed E-state index contributed by atoms with van der Waals surface area (Å²) in [5.74, 6) is 0.236. The van der Waals surface area contributed by atoms with Crippen molar-refractivity contribution in [1.29, 1.82) is 0 Å². The fraction of sp³-hybridized carbons (Fsp3) is 0.217. The van der Waals surface area contributed by atoms with Gasteiger partial charge in [-0.15, -0.1) is 0 Å². The van der Waals surface area contributed by atoms with E-state index in [1.807, 2.05) is 68.4 Å². The molecule has 0 aliphatic heterocycles. The molecular formula is C23H24N2O3. The quantitative estimate of drug-likeness (QED) is 0.668. The van der Waals surface area contributed by atoms with Crippen molar-refractivity contribution in [2.75, 3.05) is 17.7 Å². The molecule has 0 aliphatic rings. The maximum Gasteiger partial charge on any atom is 0.231 e. The molecule has 0 saturated carbocycles. The molecule has 3 rings (SSSR count). The number of nitrogens with one attached hydrogen (secondary N) is 2. The lowest BCUT2D eigenvalue weighted by Crippen LogP contribution is -2.20. The molecule has 5 heteroatoms. The summed E-state index contributed by atoms with van der Waals surface area (Å²) in [4.78, 5) is 24.1. The molecule has 2 amide bonds. The summed E-state index contributed by atoms with van der Waals surface area (Å²) in [6.45, 7) is 5.21. The first-order valence-electron chi connectivity index (χ1n) is 9.15. The summed E-state index contributed by atoms with van der Waals surface area (Å²) in [6, 6.07) is 17.3. The molecule has 0 radical (unpaired) electrons. The SMILES string of the molecule is COc1ccc2cc([C@H](C)C(=O)Nc3cccc(NC(C)=O)c3C)ccc2c1. The van der Waals surface area contributed by atoms with E-state index in [0.717, 1.165) is 27.6 Å². The van der Waals surface area contributed by atoms with Crippen LogP contribution < -0.4 is 15.4 Å². The highest BCUT2D eigenvalue weighted by atomic mass is 16.5. The van der Waals surface area contributed by atoms with Crippen molar-refractivity contribution in [3.63, 3.8) is 0 Å². The third-order valence-corrected chi connectivity index (χ3v) is 4.87. The second-order valence-corrected chi connectivity index (χ2v) is 6.84. The van der Waals surface area contributed by atoms with Gasteiger partial charge in [0, 0.05) is 18.3 Å². The van der Waals surface area contributed by atoms with Crippen LogP contribution in [0.25, 0.3) is 10.8 Å². The summed E-state index contributed by atoms with van der Waals surface area (Å²) < 4.78 is 5.26. The fourth-order valence-corrected chi connectivity index (χ4v) is 3.13. The Bertz CT molecular complexity index is 1040. The Morgan fingerprint density at radius 2 is 1.57 bits per heavy atom. The molecule has 2 N–H and O–H groups in total. The number of methoxy groups -OCH3 is 1. The molecule has 0 bridgehead atoms. The van der Waals surface area contributed by atoms with Crippen molar-refractivity contribution < 1.29 is 14.3 Å². The van der Waals surface area contributed by atoms with Gasteiger partial charge in [0.2, 0.25) is 11.8 Å². The molecule has 0 aliphatic carbocycles. The molecule has 0 saturated heterocycles. The van der Waals surface area contributed by atoms with Crippen molar-refractivity contribution >= 4 is 34.0 Å².